The quantitative estimate of drug-likeness (QED) is 0.935. The maximum Gasteiger partial charge on any atom is 0.161 e. The van der Waals surface area contributed by atoms with Gasteiger partial charge in [0.2, 0.25) is 0 Å². The van der Waals surface area contributed by atoms with Crippen molar-refractivity contribution in [2.45, 2.75) is 19.8 Å². The van der Waals surface area contributed by atoms with Crippen molar-refractivity contribution < 1.29 is 0 Å². The average Bonchev–Trinajstić information content (AvgIpc) is 2.56. The number of hydrogen-bond acceptors (Lipinski definition) is 4. The summed E-state index contributed by atoms with van der Waals surface area (Å²) in [5, 5.41) is 3.39. The van der Waals surface area contributed by atoms with Crippen LogP contribution >= 0.6 is 0 Å². The van der Waals surface area contributed by atoms with E-state index in [9.17, 15) is 0 Å². The molecule has 2 aromatic rings. The van der Waals surface area contributed by atoms with Crippen LogP contribution in [0.1, 0.15) is 19.0 Å². The molecule has 4 heteroatoms. The summed E-state index contributed by atoms with van der Waals surface area (Å²) in [7, 11) is 0. The molecule has 1 N–H and O–H groups in total. The molecule has 0 saturated carbocycles. The van der Waals surface area contributed by atoms with Gasteiger partial charge in [0, 0.05) is 43.5 Å². The SMILES string of the molecule is CCCc1cc(N2CCNCC2)nc(-c2ccccc2)n1. The van der Waals surface area contributed by atoms with E-state index in [-0.39, 0.29) is 0 Å². The van der Waals surface area contributed by atoms with Crippen LogP contribution in [0.3, 0.4) is 0 Å². The molecule has 0 radical (unpaired) electrons. The molecule has 1 aliphatic rings. The third kappa shape index (κ3) is 3.39. The average molecular weight is 282 g/mol. The Labute approximate surface area is 126 Å². The van der Waals surface area contributed by atoms with Crippen molar-refractivity contribution in [1.82, 2.24) is 15.3 Å². The highest BCUT2D eigenvalue weighted by atomic mass is 15.2. The van der Waals surface area contributed by atoms with Crippen LogP contribution in [-0.2, 0) is 6.42 Å². The third-order valence-electron chi connectivity index (χ3n) is 3.74. The number of rotatable bonds is 4. The summed E-state index contributed by atoms with van der Waals surface area (Å²) in [6.07, 6.45) is 2.10. The van der Waals surface area contributed by atoms with Gasteiger partial charge in [0.25, 0.3) is 0 Å². The first kappa shape index (κ1) is 14.0. The molecule has 3 rings (SSSR count). The summed E-state index contributed by atoms with van der Waals surface area (Å²) in [5.41, 5.74) is 2.23. The first-order valence-electron chi connectivity index (χ1n) is 7.76. The Hall–Kier alpha value is -1.94. The maximum atomic E-state index is 4.80. The van der Waals surface area contributed by atoms with Gasteiger partial charge in [0.15, 0.2) is 5.82 Å². The molecule has 0 unspecified atom stereocenters. The van der Waals surface area contributed by atoms with E-state index >= 15 is 0 Å². The fourth-order valence-corrected chi connectivity index (χ4v) is 2.64. The summed E-state index contributed by atoms with van der Waals surface area (Å²) in [6.45, 7) is 6.25. The van der Waals surface area contributed by atoms with Crippen LogP contribution in [0.25, 0.3) is 11.4 Å². The molecule has 4 nitrogen and oxygen atoms in total. The van der Waals surface area contributed by atoms with E-state index in [1.54, 1.807) is 0 Å². The smallest absolute Gasteiger partial charge is 0.161 e. The van der Waals surface area contributed by atoms with E-state index < -0.39 is 0 Å². The lowest BCUT2D eigenvalue weighted by atomic mass is 10.2. The Morgan fingerprint density at radius 2 is 1.86 bits per heavy atom. The van der Waals surface area contributed by atoms with Gasteiger partial charge >= 0.3 is 0 Å². The highest BCUT2D eigenvalue weighted by molar-refractivity contribution is 5.58. The molecule has 1 saturated heterocycles. The standard InChI is InChI=1S/C17H22N4/c1-2-6-15-13-16(21-11-9-18-10-12-21)20-17(19-15)14-7-4-3-5-8-14/h3-5,7-8,13,18H,2,6,9-12H2,1H3. The van der Waals surface area contributed by atoms with E-state index in [1.807, 2.05) is 18.2 Å². The topological polar surface area (TPSA) is 41.0 Å². The number of benzene rings is 1. The number of nitrogens with one attached hydrogen (secondary N) is 1. The number of hydrogen-bond donors (Lipinski definition) is 1. The highest BCUT2D eigenvalue weighted by Crippen LogP contribution is 2.21. The van der Waals surface area contributed by atoms with Crippen molar-refractivity contribution in [2.75, 3.05) is 31.1 Å². The molecule has 1 fully saturated rings. The summed E-state index contributed by atoms with van der Waals surface area (Å²) >= 11 is 0. The number of nitrogens with zero attached hydrogens (tertiary/aromatic N) is 3. The van der Waals surface area contributed by atoms with Crippen LogP contribution in [0, 0.1) is 0 Å². The van der Waals surface area contributed by atoms with E-state index in [2.05, 4.69) is 35.3 Å². The first-order chi connectivity index (χ1) is 10.4. The van der Waals surface area contributed by atoms with Gasteiger partial charge in [0.05, 0.1) is 0 Å². The molecule has 21 heavy (non-hydrogen) atoms. The van der Waals surface area contributed by atoms with Gasteiger partial charge in [0.1, 0.15) is 5.82 Å². The normalized spacial score (nSPS) is 15.2. The zero-order chi connectivity index (χ0) is 14.5. The van der Waals surface area contributed by atoms with Gasteiger partial charge < -0.3 is 10.2 Å². The molecule has 0 spiro atoms. The molecule has 110 valence electrons. The minimum absolute atomic E-state index is 0.843. The number of aryl methyl sites for hydroxylation is 1. The molecule has 0 amide bonds. The Bertz CT molecular complexity index is 577. The molecule has 1 aliphatic heterocycles. The summed E-state index contributed by atoms with van der Waals surface area (Å²) in [5.74, 6) is 1.91. The van der Waals surface area contributed by atoms with Crippen molar-refractivity contribution in [2.24, 2.45) is 0 Å². The van der Waals surface area contributed by atoms with Gasteiger partial charge in [-0.05, 0) is 6.42 Å². The number of piperazine rings is 1. The molecular weight excluding hydrogens is 260 g/mol. The van der Waals surface area contributed by atoms with Crippen molar-refractivity contribution in [3.63, 3.8) is 0 Å². The summed E-state index contributed by atoms with van der Waals surface area (Å²) in [4.78, 5) is 11.9. The zero-order valence-electron chi connectivity index (χ0n) is 12.5. The van der Waals surface area contributed by atoms with Crippen molar-refractivity contribution in [3.05, 3.63) is 42.1 Å². The van der Waals surface area contributed by atoms with E-state index in [1.165, 1.54) is 0 Å². The largest absolute Gasteiger partial charge is 0.354 e. The minimum Gasteiger partial charge on any atom is -0.354 e. The predicted octanol–water partition coefficient (Wildman–Crippen LogP) is 2.51. The van der Waals surface area contributed by atoms with Crippen LogP contribution < -0.4 is 10.2 Å². The Morgan fingerprint density at radius 1 is 1.10 bits per heavy atom. The molecule has 1 aromatic heterocycles. The van der Waals surface area contributed by atoms with Gasteiger partial charge in [-0.3, -0.25) is 0 Å². The number of aromatic nitrogens is 2. The van der Waals surface area contributed by atoms with E-state index in [0.29, 0.717) is 0 Å². The molecule has 0 bridgehead atoms. The van der Waals surface area contributed by atoms with Gasteiger partial charge in [-0.1, -0.05) is 43.7 Å². The molecular formula is C17H22N4. The maximum absolute atomic E-state index is 4.80. The van der Waals surface area contributed by atoms with Crippen LogP contribution in [0.15, 0.2) is 36.4 Å². The molecule has 0 atom stereocenters. The Balaban J connectivity index is 1.97. The van der Waals surface area contributed by atoms with Crippen LogP contribution in [0.2, 0.25) is 0 Å². The van der Waals surface area contributed by atoms with Gasteiger partial charge in [-0.25, -0.2) is 9.97 Å². The Kier molecular flexibility index (Phi) is 4.46. The first-order valence-corrected chi connectivity index (χ1v) is 7.76. The van der Waals surface area contributed by atoms with Crippen molar-refractivity contribution in [1.29, 1.82) is 0 Å². The minimum atomic E-state index is 0.843. The fraction of sp³-hybridized carbons (Fsp3) is 0.412. The molecule has 0 aliphatic carbocycles. The van der Waals surface area contributed by atoms with Crippen molar-refractivity contribution >= 4 is 5.82 Å². The van der Waals surface area contributed by atoms with Crippen LogP contribution in [-0.4, -0.2) is 36.1 Å². The van der Waals surface area contributed by atoms with Gasteiger partial charge in [-0.15, -0.1) is 0 Å². The van der Waals surface area contributed by atoms with Crippen LogP contribution in [0.4, 0.5) is 5.82 Å². The second kappa shape index (κ2) is 6.68. The van der Waals surface area contributed by atoms with Crippen molar-refractivity contribution in [3.8, 4) is 11.4 Å². The molecule has 2 heterocycles. The Morgan fingerprint density at radius 3 is 2.57 bits per heavy atom. The summed E-state index contributed by atoms with van der Waals surface area (Å²) < 4.78 is 0. The third-order valence-corrected chi connectivity index (χ3v) is 3.74. The lowest BCUT2D eigenvalue weighted by molar-refractivity contribution is 0.584. The highest BCUT2D eigenvalue weighted by Gasteiger charge is 2.14. The zero-order valence-corrected chi connectivity index (χ0v) is 12.5. The monoisotopic (exact) mass is 282 g/mol. The van der Waals surface area contributed by atoms with Gasteiger partial charge in [-0.2, -0.15) is 0 Å². The lowest BCUT2D eigenvalue weighted by Gasteiger charge is -2.28. The van der Waals surface area contributed by atoms with E-state index in [4.69, 9.17) is 9.97 Å². The fourth-order valence-electron chi connectivity index (χ4n) is 2.64. The lowest BCUT2D eigenvalue weighted by Crippen LogP contribution is -2.44. The van der Waals surface area contributed by atoms with Crippen LogP contribution in [0.5, 0.6) is 0 Å². The van der Waals surface area contributed by atoms with E-state index in [0.717, 1.165) is 61.9 Å². The molecule has 1 aromatic carbocycles. The number of anilines is 1. The summed E-state index contributed by atoms with van der Waals surface area (Å²) in [6, 6.07) is 12.4. The second-order valence-electron chi connectivity index (χ2n) is 5.39. The predicted molar refractivity (Wildman–Crippen MR) is 86.5 cm³/mol. The second-order valence-corrected chi connectivity index (χ2v) is 5.39.